The smallest absolute Gasteiger partial charge is 0.160 e. The summed E-state index contributed by atoms with van der Waals surface area (Å²) in [6, 6.07) is 13.3. The Kier molecular flexibility index (Phi) is 10.2. The van der Waals surface area contributed by atoms with E-state index in [9.17, 15) is 0 Å². The first-order valence-corrected chi connectivity index (χ1v) is 12.0. The van der Waals surface area contributed by atoms with Crippen LogP contribution in [0.1, 0.15) is 39.0 Å². The third-order valence-corrected chi connectivity index (χ3v) is 5.46. The molecular weight excluding hydrogens is 456 g/mol. The molecule has 4 aromatic rings. The number of aromatic nitrogens is 3. The standard InChI is InChI=1S/C23H26N6O3.2C2H6/c1-13-19-20(22(25)29(13)16-10-9-15(30-2)11-18(16)32-4)23(28-27-21(19)24)26-12-14-7-5-6-8-17(14)31-3;2*1-2/h5-11H,12,25H2,1-4H3,(H2,24,27)(H,26,28);2*1-2H3. The third kappa shape index (κ3) is 5.40. The molecule has 0 atom stereocenters. The second-order valence-corrected chi connectivity index (χ2v) is 7.19. The van der Waals surface area contributed by atoms with Gasteiger partial charge in [0.15, 0.2) is 11.6 Å². The Bertz CT molecular complexity index is 1290. The molecule has 0 aliphatic rings. The molecule has 194 valence electrons. The normalized spacial score (nSPS) is 10.0. The van der Waals surface area contributed by atoms with E-state index in [2.05, 4.69) is 15.5 Å². The van der Waals surface area contributed by atoms with Gasteiger partial charge in [-0.2, -0.15) is 0 Å². The molecule has 9 heteroatoms. The molecule has 4 rings (SSSR count). The maximum absolute atomic E-state index is 6.65. The van der Waals surface area contributed by atoms with E-state index in [0.29, 0.717) is 40.9 Å². The van der Waals surface area contributed by atoms with Crippen molar-refractivity contribution < 1.29 is 14.2 Å². The molecular formula is C27H38N6O3. The number of ether oxygens (including phenoxy) is 3. The molecule has 0 spiro atoms. The number of nitrogens with zero attached hydrogens (tertiary/aromatic N) is 3. The van der Waals surface area contributed by atoms with Crippen LogP contribution in [0.4, 0.5) is 17.5 Å². The Morgan fingerprint density at radius 2 is 1.50 bits per heavy atom. The number of hydrogen-bond acceptors (Lipinski definition) is 8. The molecule has 36 heavy (non-hydrogen) atoms. The first kappa shape index (κ1) is 28.1. The van der Waals surface area contributed by atoms with Crippen molar-refractivity contribution in [2.45, 2.75) is 41.2 Å². The monoisotopic (exact) mass is 494 g/mol. The van der Waals surface area contributed by atoms with Gasteiger partial charge in [0.1, 0.15) is 23.1 Å². The third-order valence-electron chi connectivity index (χ3n) is 5.46. The fourth-order valence-corrected chi connectivity index (χ4v) is 3.90. The van der Waals surface area contributed by atoms with Crippen molar-refractivity contribution in [2.75, 3.05) is 38.1 Å². The summed E-state index contributed by atoms with van der Waals surface area (Å²) in [7, 11) is 4.85. The molecule has 0 fully saturated rings. The Morgan fingerprint density at radius 1 is 0.833 bits per heavy atom. The van der Waals surface area contributed by atoms with Gasteiger partial charge in [0.2, 0.25) is 0 Å². The average Bonchev–Trinajstić information content (AvgIpc) is 3.20. The van der Waals surface area contributed by atoms with Crippen molar-refractivity contribution in [1.82, 2.24) is 14.8 Å². The lowest BCUT2D eigenvalue weighted by Crippen LogP contribution is -2.07. The molecule has 9 nitrogen and oxygen atoms in total. The van der Waals surface area contributed by atoms with Gasteiger partial charge in [-0.15, -0.1) is 10.2 Å². The van der Waals surface area contributed by atoms with Crippen LogP contribution < -0.4 is 31.0 Å². The first-order chi connectivity index (χ1) is 17.5. The van der Waals surface area contributed by atoms with Crippen LogP contribution in [0.5, 0.6) is 17.2 Å². The SMILES string of the molecule is CC.CC.COc1ccc(-n2c(C)c3c(N)nnc(NCc4ccccc4OC)c3c2N)c(OC)c1. The number of benzene rings is 2. The molecule has 2 aromatic carbocycles. The predicted molar refractivity (Wildman–Crippen MR) is 149 cm³/mol. The highest BCUT2D eigenvalue weighted by Crippen LogP contribution is 2.40. The first-order valence-electron chi connectivity index (χ1n) is 12.0. The van der Waals surface area contributed by atoms with E-state index in [0.717, 1.165) is 28.1 Å². The zero-order chi connectivity index (χ0) is 26.8. The van der Waals surface area contributed by atoms with E-state index in [-0.39, 0.29) is 0 Å². The summed E-state index contributed by atoms with van der Waals surface area (Å²) in [6.45, 7) is 10.4. The lowest BCUT2D eigenvalue weighted by molar-refractivity contribution is 0.393. The van der Waals surface area contributed by atoms with Gasteiger partial charge in [-0.1, -0.05) is 45.9 Å². The second kappa shape index (κ2) is 13.1. The topological polar surface area (TPSA) is 122 Å². The zero-order valence-corrected chi connectivity index (χ0v) is 22.5. The number of nitrogen functional groups attached to an aromatic ring is 2. The van der Waals surface area contributed by atoms with Crippen molar-refractivity contribution >= 4 is 28.2 Å². The minimum Gasteiger partial charge on any atom is -0.497 e. The minimum atomic E-state index is 0.304. The Hall–Kier alpha value is -4.14. The molecule has 0 aliphatic carbocycles. The summed E-state index contributed by atoms with van der Waals surface area (Å²) in [4.78, 5) is 0. The van der Waals surface area contributed by atoms with Gasteiger partial charge in [0.05, 0.1) is 37.8 Å². The summed E-state index contributed by atoms with van der Waals surface area (Å²) < 4.78 is 18.2. The van der Waals surface area contributed by atoms with E-state index in [1.165, 1.54) is 0 Å². The van der Waals surface area contributed by atoms with Crippen LogP contribution in [0.15, 0.2) is 42.5 Å². The molecule has 0 saturated carbocycles. The van der Waals surface area contributed by atoms with E-state index in [1.807, 2.05) is 75.6 Å². The summed E-state index contributed by atoms with van der Waals surface area (Å²) in [5.74, 6) is 3.39. The summed E-state index contributed by atoms with van der Waals surface area (Å²) in [5.41, 5.74) is 15.4. The van der Waals surface area contributed by atoms with E-state index >= 15 is 0 Å². The molecule has 5 N–H and O–H groups in total. The van der Waals surface area contributed by atoms with Crippen LogP contribution in [-0.2, 0) is 6.54 Å². The lowest BCUT2D eigenvalue weighted by Gasteiger charge is -2.14. The number of para-hydroxylation sites is 1. The van der Waals surface area contributed by atoms with Crippen molar-refractivity contribution in [1.29, 1.82) is 0 Å². The number of nitrogens with one attached hydrogen (secondary N) is 1. The summed E-state index contributed by atoms with van der Waals surface area (Å²) in [5, 5.41) is 13.2. The van der Waals surface area contributed by atoms with Crippen molar-refractivity contribution in [3.63, 3.8) is 0 Å². The highest BCUT2D eigenvalue weighted by Gasteiger charge is 2.22. The molecule has 2 heterocycles. The lowest BCUT2D eigenvalue weighted by atomic mass is 10.2. The predicted octanol–water partition coefficient (Wildman–Crippen LogP) is 5.58. The highest BCUT2D eigenvalue weighted by molar-refractivity contribution is 6.07. The minimum absolute atomic E-state index is 0.304. The van der Waals surface area contributed by atoms with E-state index < -0.39 is 0 Å². The van der Waals surface area contributed by atoms with Crippen LogP contribution in [-0.4, -0.2) is 36.1 Å². The maximum Gasteiger partial charge on any atom is 0.160 e. The fraction of sp³-hybridized carbons (Fsp3) is 0.333. The molecule has 0 radical (unpaired) electrons. The van der Waals surface area contributed by atoms with E-state index in [4.69, 9.17) is 25.7 Å². The number of anilines is 3. The molecule has 0 unspecified atom stereocenters. The Balaban J connectivity index is 0.00000109. The molecule has 0 amide bonds. The molecule has 0 aliphatic heterocycles. The summed E-state index contributed by atoms with van der Waals surface area (Å²) >= 11 is 0. The van der Waals surface area contributed by atoms with Crippen molar-refractivity contribution in [2.24, 2.45) is 0 Å². The average molecular weight is 495 g/mol. The van der Waals surface area contributed by atoms with Gasteiger partial charge < -0.3 is 31.0 Å². The maximum atomic E-state index is 6.65. The largest absolute Gasteiger partial charge is 0.497 e. The van der Waals surface area contributed by atoms with Crippen molar-refractivity contribution in [3.8, 4) is 22.9 Å². The van der Waals surface area contributed by atoms with Crippen LogP contribution in [0, 0.1) is 6.92 Å². The molecule has 2 aromatic heterocycles. The van der Waals surface area contributed by atoms with Crippen LogP contribution >= 0.6 is 0 Å². The number of fused-ring (bicyclic) bond motifs is 1. The Morgan fingerprint density at radius 3 is 2.14 bits per heavy atom. The van der Waals surface area contributed by atoms with Gasteiger partial charge in [0, 0.05) is 23.9 Å². The summed E-state index contributed by atoms with van der Waals surface area (Å²) in [6.07, 6.45) is 0. The van der Waals surface area contributed by atoms with Crippen LogP contribution in [0.3, 0.4) is 0 Å². The Labute approximate surface area is 213 Å². The highest BCUT2D eigenvalue weighted by atomic mass is 16.5. The fourth-order valence-electron chi connectivity index (χ4n) is 3.90. The van der Waals surface area contributed by atoms with E-state index in [1.54, 1.807) is 27.4 Å². The molecule has 0 bridgehead atoms. The van der Waals surface area contributed by atoms with Gasteiger partial charge in [0.25, 0.3) is 0 Å². The zero-order valence-electron chi connectivity index (χ0n) is 22.5. The van der Waals surface area contributed by atoms with Gasteiger partial charge in [-0.25, -0.2) is 0 Å². The number of methoxy groups -OCH3 is 3. The second-order valence-electron chi connectivity index (χ2n) is 7.19. The molecule has 0 saturated heterocycles. The van der Waals surface area contributed by atoms with Gasteiger partial charge >= 0.3 is 0 Å². The number of rotatable bonds is 7. The van der Waals surface area contributed by atoms with Gasteiger partial charge in [-0.05, 0) is 25.1 Å². The van der Waals surface area contributed by atoms with Crippen molar-refractivity contribution in [3.05, 3.63) is 53.7 Å². The number of hydrogen-bond donors (Lipinski definition) is 3. The van der Waals surface area contributed by atoms with Gasteiger partial charge in [-0.3, -0.25) is 4.57 Å². The number of aryl methyl sites for hydroxylation is 1. The number of nitrogens with two attached hydrogens (primary N) is 2. The van der Waals surface area contributed by atoms with Crippen LogP contribution in [0.2, 0.25) is 0 Å². The van der Waals surface area contributed by atoms with Crippen LogP contribution in [0.25, 0.3) is 16.5 Å². The quantitative estimate of drug-likeness (QED) is 0.304.